The average molecular weight is 283 g/mol. The van der Waals surface area contributed by atoms with E-state index in [9.17, 15) is 5.11 Å². The van der Waals surface area contributed by atoms with Gasteiger partial charge in [0.05, 0.1) is 12.7 Å². The molecule has 0 aromatic heterocycles. The van der Waals surface area contributed by atoms with Gasteiger partial charge in [0, 0.05) is 19.7 Å². The van der Waals surface area contributed by atoms with Gasteiger partial charge in [-0.2, -0.15) is 0 Å². The summed E-state index contributed by atoms with van der Waals surface area (Å²) in [5.74, 6) is 2.84. The Morgan fingerprint density at radius 1 is 1.20 bits per heavy atom. The molecule has 3 unspecified atom stereocenters. The molecule has 0 radical (unpaired) electrons. The van der Waals surface area contributed by atoms with E-state index in [1.807, 2.05) is 0 Å². The van der Waals surface area contributed by atoms with Crippen LogP contribution in [0, 0.1) is 23.7 Å². The lowest BCUT2D eigenvalue weighted by atomic mass is 9.74. The number of hydrogen-bond acceptors (Lipinski definition) is 3. The summed E-state index contributed by atoms with van der Waals surface area (Å²) in [6.07, 6.45) is 6.00. The van der Waals surface area contributed by atoms with Gasteiger partial charge in [0.15, 0.2) is 0 Å². The number of aliphatic hydroxyl groups excluding tert-OH is 1. The van der Waals surface area contributed by atoms with Crippen LogP contribution < -0.4 is 0 Å². The Morgan fingerprint density at radius 3 is 2.60 bits per heavy atom. The maximum absolute atomic E-state index is 10.2. The van der Waals surface area contributed by atoms with Crippen LogP contribution in [0.1, 0.15) is 46.0 Å². The molecule has 20 heavy (non-hydrogen) atoms. The lowest BCUT2D eigenvalue weighted by Gasteiger charge is -2.37. The lowest BCUT2D eigenvalue weighted by molar-refractivity contribution is 0.0170. The highest BCUT2D eigenvalue weighted by Crippen LogP contribution is 2.34. The Morgan fingerprint density at radius 2 is 1.95 bits per heavy atom. The molecule has 2 fully saturated rings. The molecule has 0 amide bonds. The van der Waals surface area contributed by atoms with E-state index >= 15 is 0 Å². The number of hydrogen-bond donors (Lipinski definition) is 1. The van der Waals surface area contributed by atoms with Gasteiger partial charge in [0.25, 0.3) is 0 Å². The number of aliphatic hydroxyl groups is 1. The molecule has 0 spiro atoms. The van der Waals surface area contributed by atoms with Crippen molar-refractivity contribution in [1.82, 2.24) is 4.90 Å². The summed E-state index contributed by atoms with van der Waals surface area (Å²) >= 11 is 0. The number of nitrogens with zero attached hydrogens (tertiary/aromatic N) is 1. The summed E-state index contributed by atoms with van der Waals surface area (Å²) in [6, 6.07) is 0. The highest BCUT2D eigenvalue weighted by atomic mass is 16.5. The summed E-state index contributed by atoms with van der Waals surface area (Å²) in [4.78, 5) is 2.34. The van der Waals surface area contributed by atoms with Crippen LogP contribution in [0.2, 0.25) is 0 Å². The normalized spacial score (nSPS) is 31.2. The van der Waals surface area contributed by atoms with Gasteiger partial charge in [-0.1, -0.05) is 13.8 Å². The molecule has 0 heterocycles. The minimum Gasteiger partial charge on any atom is -0.393 e. The van der Waals surface area contributed by atoms with Crippen molar-refractivity contribution in [1.29, 1.82) is 0 Å². The second-order valence-electron chi connectivity index (χ2n) is 7.43. The lowest BCUT2D eigenvalue weighted by Crippen LogP contribution is -2.39. The monoisotopic (exact) mass is 283 g/mol. The largest absolute Gasteiger partial charge is 0.393 e. The van der Waals surface area contributed by atoms with Crippen LogP contribution in [0.5, 0.6) is 0 Å². The van der Waals surface area contributed by atoms with Crippen molar-refractivity contribution in [3.05, 3.63) is 0 Å². The Hall–Kier alpha value is -0.120. The molecule has 2 aliphatic carbocycles. The smallest absolute Gasteiger partial charge is 0.0593 e. The van der Waals surface area contributed by atoms with E-state index in [-0.39, 0.29) is 6.10 Å². The third kappa shape index (κ3) is 5.34. The minimum absolute atomic E-state index is 0.0974. The molecular weight excluding hydrogens is 250 g/mol. The Labute approximate surface area is 124 Å². The predicted octanol–water partition coefficient (Wildman–Crippen LogP) is 2.78. The van der Waals surface area contributed by atoms with Gasteiger partial charge in [-0.3, -0.25) is 0 Å². The summed E-state index contributed by atoms with van der Waals surface area (Å²) in [6.45, 7) is 8.42. The summed E-state index contributed by atoms with van der Waals surface area (Å²) < 4.78 is 5.70. The Balaban J connectivity index is 1.63. The summed E-state index contributed by atoms with van der Waals surface area (Å²) in [7, 11) is 2.16. The SMILES string of the molecule is CC(C)C1CCC(O)C(CN(C)CCOCC2CC2)C1. The minimum atomic E-state index is -0.0974. The van der Waals surface area contributed by atoms with Crippen LogP contribution in [0.25, 0.3) is 0 Å². The van der Waals surface area contributed by atoms with Crippen LogP contribution in [0.15, 0.2) is 0 Å². The molecule has 3 atom stereocenters. The first-order valence-corrected chi connectivity index (χ1v) is 8.50. The van der Waals surface area contributed by atoms with Gasteiger partial charge in [-0.15, -0.1) is 0 Å². The molecule has 2 rings (SSSR count). The zero-order valence-corrected chi connectivity index (χ0v) is 13.6. The van der Waals surface area contributed by atoms with Gasteiger partial charge in [0.1, 0.15) is 0 Å². The van der Waals surface area contributed by atoms with Crippen molar-refractivity contribution < 1.29 is 9.84 Å². The molecule has 0 bridgehead atoms. The molecule has 2 aliphatic rings. The molecule has 2 saturated carbocycles. The van der Waals surface area contributed by atoms with E-state index in [2.05, 4.69) is 25.8 Å². The van der Waals surface area contributed by atoms with E-state index in [1.54, 1.807) is 0 Å². The highest BCUT2D eigenvalue weighted by molar-refractivity contribution is 4.82. The maximum Gasteiger partial charge on any atom is 0.0593 e. The standard InChI is InChI=1S/C17H33NO2/c1-13(2)15-6-7-17(19)16(10-15)11-18(3)8-9-20-12-14-4-5-14/h13-17,19H,4-12H2,1-3H3. The molecular formula is C17H33NO2. The Bertz CT molecular complexity index is 278. The average Bonchev–Trinajstić information content (AvgIpc) is 3.21. The van der Waals surface area contributed by atoms with Crippen molar-refractivity contribution >= 4 is 0 Å². The highest BCUT2D eigenvalue weighted by Gasteiger charge is 2.31. The number of ether oxygens (including phenoxy) is 1. The van der Waals surface area contributed by atoms with E-state index in [0.29, 0.717) is 5.92 Å². The third-order valence-corrected chi connectivity index (χ3v) is 5.14. The van der Waals surface area contributed by atoms with Crippen molar-refractivity contribution in [2.24, 2.45) is 23.7 Å². The fourth-order valence-electron chi connectivity index (χ4n) is 3.33. The molecule has 0 saturated heterocycles. The van der Waals surface area contributed by atoms with Crippen LogP contribution in [0.3, 0.4) is 0 Å². The van der Waals surface area contributed by atoms with Crippen molar-refractivity contribution in [3.8, 4) is 0 Å². The molecule has 0 aromatic carbocycles. The van der Waals surface area contributed by atoms with Crippen LogP contribution in [0.4, 0.5) is 0 Å². The first kappa shape index (κ1) is 16.3. The van der Waals surface area contributed by atoms with Crippen molar-refractivity contribution in [2.75, 3.05) is 33.4 Å². The van der Waals surface area contributed by atoms with Gasteiger partial charge >= 0.3 is 0 Å². The number of rotatable bonds is 8. The summed E-state index contributed by atoms with van der Waals surface area (Å²) in [5, 5.41) is 10.2. The second kappa shape index (κ2) is 7.77. The fraction of sp³-hybridized carbons (Fsp3) is 1.00. The first-order chi connectivity index (χ1) is 9.56. The molecule has 0 aliphatic heterocycles. The first-order valence-electron chi connectivity index (χ1n) is 8.50. The quantitative estimate of drug-likeness (QED) is 0.695. The van der Waals surface area contributed by atoms with Gasteiger partial charge in [-0.25, -0.2) is 0 Å². The molecule has 3 heteroatoms. The Kier molecular flexibility index (Phi) is 6.31. The second-order valence-corrected chi connectivity index (χ2v) is 7.43. The molecule has 1 N–H and O–H groups in total. The van der Waals surface area contributed by atoms with Crippen LogP contribution >= 0.6 is 0 Å². The topological polar surface area (TPSA) is 32.7 Å². The van der Waals surface area contributed by atoms with Gasteiger partial charge in [0.2, 0.25) is 0 Å². The van der Waals surface area contributed by atoms with E-state index in [0.717, 1.165) is 50.5 Å². The molecule has 3 nitrogen and oxygen atoms in total. The van der Waals surface area contributed by atoms with E-state index in [4.69, 9.17) is 4.74 Å². The van der Waals surface area contributed by atoms with E-state index in [1.165, 1.54) is 25.7 Å². The fourth-order valence-corrected chi connectivity index (χ4v) is 3.33. The zero-order chi connectivity index (χ0) is 14.5. The van der Waals surface area contributed by atoms with Gasteiger partial charge in [-0.05, 0) is 62.8 Å². The van der Waals surface area contributed by atoms with Gasteiger partial charge < -0.3 is 14.7 Å². The summed E-state index contributed by atoms with van der Waals surface area (Å²) in [5.41, 5.74) is 0. The zero-order valence-electron chi connectivity index (χ0n) is 13.6. The van der Waals surface area contributed by atoms with Crippen molar-refractivity contribution in [3.63, 3.8) is 0 Å². The third-order valence-electron chi connectivity index (χ3n) is 5.14. The molecule has 0 aromatic rings. The van der Waals surface area contributed by atoms with Crippen LogP contribution in [-0.2, 0) is 4.74 Å². The predicted molar refractivity (Wildman–Crippen MR) is 82.7 cm³/mol. The van der Waals surface area contributed by atoms with Crippen LogP contribution in [-0.4, -0.2) is 49.5 Å². The van der Waals surface area contributed by atoms with E-state index < -0.39 is 0 Å². The van der Waals surface area contributed by atoms with Crippen molar-refractivity contribution in [2.45, 2.75) is 52.1 Å². The maximum atomic E-state index is 10.2. The number of likely N-dealkylation sites (N-methyl/N-ethyl adjacent to an activating group) is 1. The molecule has 118 valence electrons.